The normalized spacial score (nSPS) is 17.6. The molecule has 1 aliphatic heterocycles. The van der Waals surface area contributed by atoms with Crippen LogP contribution in [0.15, 0.2) is 37.3 Å². The van der Waals surface area contributed by atoms with E-state index < -0.39 is 11.8 Å². The highest BCUT2D eigenvalue weighted by Gasteiger charge is 2.31. The lowest BCUT2D eigenvalue weighted by molar-refractivity contribution is 0.0698. The van der Waals surface area contributed by atoms with Crippen molar-refractivity contribution in [2.75, 3.05) is 11.4 Å². The average Bonchev–Trinajstić information content (AvgIpc) is 3.33. The van der Waals surface area contributed by atoms with Crippen molar-refractivity contribution < 1.29 is 14.3 Å². The Morgan fingerprint density at radius 1 is 1.45 bits per heavy atom. The molecule has 3 N–H and O–H groups in total. The van der Waals surface area contributed by atoms with Gasteiger partial charge in [-0.15, -0.1) is 0 Å². The van der Waals surface area contributed by atoms with Crippen LogP contribution in [0.25, 0.3) is 11.2 Å². The third-order valence-corrected chi connectivity index (χ3v) is 5.23. The Balaban J connectivity index is 1.79. The summed E-state index contributed by atoms with van der Waals surface area (Å²) in [6.45, 7) is 6.54. The van der Waals surface area contributed by atoms with Crippen molar-refractivity contribution in [3.8, 4) is 0 Å². The Morgan fingerprint density at radius 2 is 2.24 bits per heavy atom. The summed E-state index contributed by atoms with van der Waals surface area (Å²) in [7, 11) is 0. The summed E-state index contributed by atoms with van der Waals surface area (Å²) in [6.07, 6.45) is 5.77. The van der Waals surface area contributed by atoms with E-state index in [2.05, 4.69) is 21.6 Å². The van der Waals surface area contributed by atoms with Gasteiger partial charge in [-0.1, -0.05) is 6.58 Å². The molecule has 29 heavy (non-hydrogen) atoms. The molecule has 4 heterocycles. The molecule has 1 unspecified atom stereocenters. The number of hydrogen-bond donors (Lipinski definition) is 2. The Kier molecular flexibility index (Phi) is 4.75. The van der Waals surface area contributed by atoms with Crippen LogP contribution < -0.4 is 10.6 Å². The summed E-state index contributed by atoms with van der Waals surface area (Å²) in [6, 6.07) is 2.76. The zero-order valence-corrected chi connectivity index (χ0v) is 15.9. The van der Waals surface area contributed by atoms with Gasteiger partial charge in [0, 0.05) is 24.3 Å². The Morgan fingerprint density at radius 3 is 2.97 bits per heavy atom. The van der Waals surface area contributed by atoms with Gasteiger partial charge in [-0.05, 0) is 37.5 Å². The number of carbonyl (C=O) groups is 1. The Bertz CT molecular complexity index is 1110. The molecule has 3 aromatic rings. The van der Waals surface area contributed by atoms with Crippen LogP contribution in [0.2, 0.25) is 0 Å². The molecule has 0 amide bonds. The number of nitrogens with zero attached hydrogens (tertiary/aromatic N) is 5. The minimum absolute atomic E-state index is 0.0287. The molecular weight excluding hydrogens is 375 g/mol. The first kappa shape index (κ1) is 19.0. The van der Waals surface area contributed by atoms with Gasteiger partial charge in [-0.3, -0.25) is 4.98 Å². The summed E-state index contributed by atoms with van der Waals surface area (Å²) in [5.74, 6) is -0.919. The first-order chi connectivity index (χ1) is 13.9. The number of hydrogen-bond acceptors (Lipinski definition) is 6. The van der Waals surface area contributed by atoms with Crippen molar-refractivity contribution in [1.29, 1.82) is 0 Å². The number of rotatable bonds is 5. The second kappa shape index (κ2) is 7.25. The number of pyridine rings is 1. The molecule has 0 aromatic carbocycles. The topological polar surface area (TPSA) is 110 Å². The van der Waals surface area contributed by atoms with Gasteiger partial charge in [0.1, 0.15) is 17.2 Å². The molecule has 1 saturated heterocycles. The second-order valence-electron chi connectivity index (χ2n) is 7.17. The zero-order chi connectivity index (χ0) is 20.7. The summed E-state index contributed by atoms with van der Waals surface area (Å²) in [5, 5.41) is 13.4. The van der Waals surface area contributed by atoms with Crippen molar-refractivity contribution >= 4 is 23.0 Å². The summed E-state index contributed by atoms with van der Waals surface area (Å²) < 4.78 is 15.5. The molecule has 1 aliphatic rings. The maximum absolute atomic E-state index is 14.1. The summed E-state index contributed by atoms with van der Waals surface area (Å²) >= 11 is 0. The van der Waals surface area contributed by atoms with Crippen LogP contribution in [0.5, 0.6) is 0 Å². The number of anilines is 1. The third kappa shape index (κ3) is 3.33. The number of carboxylic acid groups (broad SMARTS) is 1. The van der Waals surface area contributed by atoms with Crippen LogP contribution in [0.3, 0.4) is 0 Å². The van der Waals surface area contributed by atoms with E-state index in [1.165, 1.54) is 23.0 Å². The number of halogens is 1. The number of aromatic carboxylic acids is 1. The van der Waals surface area contributed by atoms with Crippen LogP contribution in [0.1, 0.15) is 47.4 Å². The lowest BCUT2D eigenvalue weighted by Crippen LogP contribution is -2.26. The minimum atomic E-state index is -1.09. The smallest absolute Gasteiger partial charge is 0.341 e. The quantitative estimate of drug-likeness (QED) is 0.682. The van der Waals surface area contributed by atoms with E-state index in [4.69, 9.17) is 5.73 Å². The van der Waals surface area contributed by atoms with Crippen LogP contribution in [0.4, 0.5) is 10.2 Å². The van der Waals surface area contributed by atoms with Gasteiger partial charge in [0.15, 0.2) is 5.65 Å². The molecule has 4 rings (SSSR count). The summed E-state index contributed by atoms with van der Waals surface area (Å²) in [5.41, 5.74) is 8.22. The molecular formula is C20H21FN6O2. The molecule has 0 bridgehead atoms. The highest BCUT2D eigenvalue weighted by atomic mass is 19.1. The van der Waals surface area contributed by atoms with Crippen LogP contribution >= 0.6 is 0 Å². The van der Waals surface area contributed by atoms with E-state index >= 15 is 0 Å². The van der Waals surface area contributed by atoms with Gasteiger partial charge >= 0.3 is 5.97 Å². The van der Waals surface area contributed by atoms with Crippen molar-refractivity contribution in [3.05, 3.63) is 59.9 Å². The van der Waals surface area contributed by atoms with Crippen molar-refractivity contribution in [3.63, 3.8) is 0 Å². The fourth-order valence-corrected chi connectivity index (χ4v) is 3.73. The minimum Gasteiger partial charge on any atom is -0.477 e. The first-order valence-electron chi connectivity index (χ1n) is 9.31. The molecule has 0 radical (unpaired) electrons. The molecule has 3 aromatic heterocycles. The largest absolute Gasteiger partial charge is 0.477 e. The molecule has 0 saturated carbocycles. The lowest BCUT2D eigenvalue weighted by atomic mass is 9.96. The van der Waals surface area contributed by atoms with Gasteiger partial charge in [-0.2, -0.15) is 5.10 Å². The highest BCUT2D eigenvalue weighted by molar-refractivity contribution is 5.94. The molecule has 0 aliphatic carbocycles. The molecule has 0 spiro atoms. The number of aromatic nitrogens is 4. The van der Waals surface area contributed by atoms with Gasteiger partial charge in [0.05, 0.1) is 24.1 Å². The standard InChI is InChI=1S/C20H21FN6O2/c1-11(12(2)22)18-14(8-13(21)9-23-18)16-4-3-6-26(16)17-5-7-27-19(25-17)15(10-24-27)20(28)29/h5,7-10,12,16H,1,3-4,6,22H2,2H3,(H,28,29)/t12-,16?/m1/s1. The van der Waals surface area contributed by atoms with E-state index in [1.807, 2.05) is 11.8 Å². The third-order valence-electron chi connectivity index (χ3n) is 5.23. The lowest BCUT2D eigenvalue weighted by Gasteiger charge is -2.28. The van der Waals surface area contributed by atoms with Crippen molar-refractivity contribution in [2.24, 2.45) is 5.73 Å². The fourth-order valence-electron chi connectivity index (χ4n) is 3.73. The van der Waals surface area contributed by atoms with Crippen LogP contribution in [-0.4, -0.2) is 43.2 Å². The zero-order valence-electron chi connectivity index (χ0n) is 15.9. The predicted molar refractivity (Wildman–Crippen MR) is 106 cm³/mol. The first-order valence-corrected chi connectivity index (χ1v) is 9.31. The van der Waals surface area contributed by atoms with Crippen molar-refractivity contribution in [2.45, 2.75) is 31.8 Å². The second-order valence-corrected chi connectivity index (χ2v) is 7.17. The van der Waals surface area contributed by atoms with E-state index in [0.717, 1.165) is 12.8 Å². The van der Waals surface area contributed by atoms with Crippen LogP contribution in [-0.2, 0) is 0 Å². The predicted octanol–water partition coefficient (Wildman–Crippen LogP) is 2.66. The van der Waals surface area contributed by atoms with Gasteiger partial charge < -0.3 is 15.7 Å². The van der Waals surface area contributed by atoms with E-state index in [0.29, 0.717) is 29.2 Å². The SMILES string of the molecule is C=C(c1ncc(F)cc1C1CCCN1c1ccn2ncc(C(=O)O)c2n1)[C@@H](C)N. The highest BCUT2D eigenvalue weighted by Crippen LogP contribution is 2.38. The maximum atomic E-state index is 14.1. The van der Waals surface area contributed by atoms with E-state index in [-0.39, 0.29) is 23.3 Å². The molecule has 8 nitrogen and oxygen atoms in total. The van der Waals surface area contributed by atoms with Gasteiger partial charge in [0.25, 0.3) is 0 Å². The Hall–Kier alpha value is -3.33. The van der Waals surface area contributed by atoms with E-state index in [1.54, 1.807) is 12.3 Å². The summed E-state index contributed by atoms with van der Waals surface area (Å²) in [4.78, 5) is 22.3. The van der Waals surface area contributed by atoms with Gasteiger partial charge in [-0.25, -0.2) is 18.7 Å². The van der Waals surface area contributed by atoms with E-state index in [9.17, 15) is 14.3 Å². The molecule has 150 valence electrons. The number of nitrogens with two attached hydrogens (primary N) is 1. The number of fused-ring (bicyclic) bond motifs is 1. The molecule has 2 atom stereocenters. The fraction of sp³-hybridized carbons (Fsp3) is 0.300. The molecule has 9 heteroatoms. The van der Waals surface area contributed by atoms with Crippen molar-refractivity contribution in [1.82, 2.24) is 19.6 Å². The number of carboxylic acids is 1. The maximum Gasteiger partial charge on any atom is 0.341 e. The van der Waals surface area contributed by atoms with Gasteiger partial charge in [0.2, 0.25) is 0 Å². The van der Waals surface area contributed by atoms with Crippen LogP contribution in [0, 0.1) is 5.82 Å². The monoisotopic (exact) mass is 396 g/mol. The molecule has 1 fully saturated rings. The Labute approximate surface area is 166 Å². The average molecular weight is 396 g/mol.